The first kappa shape index (κ1) is 19.8. The molecule has 3 aromatic rings. The minimum atomic E-state index is -0.256. The Balaban J connectivity index is 1.60. The number of aromatic nitrogens is 3. The van der Waals surface area contributed by atoms with Crippen molar-refractivity contribution in [1.82, 2.24) is 19.9 Å². The summed E-state index contributed by atoms with van der Waals surface area (Å²) >= 11 is 0. The van der Waals surface area contributed by atoms with Crippen molar-refractivity contribution in [3.63, 3.8) is 0 Å². The lowest BCUT2D eigenvalue weighted by molar-refractivity contribution is 0.102. The Hall–Kier alpha value is -2.93. The zero-order chi connectivity index (χ0) is 19.8. The highest BCUT2D eigenvalue weighted by Gasteiger charge is 2.15. The van der Waals surface area contributed by atoms with Gasteiger partial charge in [-0.25, -0.2) is 9.97 Å². The largest absolute Gasteiger partial charge is 0.478 e. The molecule has 0 radical (unpaired) electrons. The number of amides is 1. The van der Waals surface area contributed by atoms with E-state index >= 15 is 0 Å². The molecule has 3 aromatic heterocycles. The molecule has 0 aliphatic carbocycles. The van der Waals surface area contributed by atoms with Gasteiger partial charge < -0.3 is 19.9 Å². The third-order valence-corrected chi connectivity index (χ3v) is 4.66. The van der Waals surface area contributed by atoms with Gasteiger partial charge in [0.15, 0.2) is 0 Å². The number of nitrogens with one attached hydrogen (secondary N) is 2. The molecule has 3 heterocycles. The predicted molar refractivity (Wildman–Crippen MR) is 111 cm³/mol. The summed E-state index contributed by atoms with van der Waals surface area (Å²) in [4.78, 5) is 26.7. The minimum Gasteiger partial charge on any atom is -0.478 e. The molecule has 0 atom stereocenters. The van der Waals surface area contributed by atoms with Crippen LogP contribution < -0.4 is 10.1 Å². The fourth-order valence-corrected chi connectivity index (χ4v) is 3.01. The number of H-pyrrole nitrogens is 1. The van der Waals surface area contributed by atoms with Crippen LogP contribution in [0.2, 0.25) is 0 Å². The van der Waals surface area contributed by atoms with Crippen molar-refractivity contribution in [2.24, 2.45) is 0 Å². The van der Waals surface area contributed by atoms with Crippen LogP contribution in [0.3, 0.4) is 0 Å². The average Bonchev–Trinajstić information content (AvgIpc) is 3.15. The van der Waals surface area contributed by atoms with E-state index in [2.05, 4.69) is 39.0 Å². The maximum absolute atomic E-state index is 12.6. The van der Waals surface area contributed by atoms with Gasteiger partial charge in [-0.2, -0.15) is 0 Å². The molecule has 0 bridgehead atoms. The highest BCUT2D eigenvalue weighted by molar-refractivity contribution is 6.11. The summed E-state index contributed by atoms with van der Waals surface area (Å²) in [5, 5.41) is 2.78. The van der Waals surface area contributed by atoms with Gasteiger partial charge in [0, 0.05) is 18.5 Å². The summed E-state index contributed by atoms with van der Waals surface area (Å²) in [5.74, 6) is 0.776. The van der Waals surface area contributed by atoms with Gasteiger partial charge in [-0.1, -0.05) is 19.9 Å². The Morgan fingerprint density at radius 3 is 2.79 bits per heavy atom. The van der Waals surface area contributed by atoms with Gasteiger partial charge in [0.1, 0.15) is 11.3 Å². The van der Waals surface area contributed by atoms with E-state index in [0.717, 1.165) is 38.0 Å². The summed E-state index contributed by atoms with van der Waals surface area (Å²) in [7, 11) is 0. The lowest BCUT2D eigenvalue weighted by Gasteiger charge is -2.17. The highest BCUT2D eigenvalue weighted by Crippen LogP contribution is 2.21. The van der Waals surface area contributed by atoms with Gasteiger partial charge >= 0.3 is 0 Å². The van der Waals surface area contributed by atoms with Crippen molar-refractivity contribution in [2.75, 3.05) is 31.6 Å². The molecular formula is C21H27N5O2. The second-order valence-corrected chi connectivity index (χ2v) is 6.50. The molecule has 7 nitrogen and oxygen atoms in total. The first-order valence-electron chi connectivity index (χ1n) is 9.77. The molecule has 0 unspecified atom stereocenters. The van der Waals surface area contributed by atoms with E-state index in [1.165, 1.54) is 0 Å². The molecule has 3 rings (SSSR count). The van der Waals surface area contributed by atoms with Crippen LogP contribution in [0.5, 0.6) is 5.88 Å². The summed E-state index contributed by atoms with van der Waals surface area (Å²) in [6, 6.07) is 9.07. The molecule has 148 valence electrons. The fourth-order valence-electron chi connectivity index (χ4n) is 3.01. The Morgan fingerprint density at radius 2 is 2.04 bits per heavy atom. The van der Waals surface area contributed by atoms with E-state index in [4.69, 9.17) is 4.74 Å². The maximum Gasteiger partial charge on any atom is 0.260 e. The topological polar surface area (TPSA) is 83.1 Å². The van der Waals surface area contributed by atoms with Crippen molar-refractivity contribution < 1.29 is 9.53 Å². The fraction of sp³-hybridized carbons (Fsp3) is 0.381. The zero-order valence-electron chi connectivity index (χ0n) is 16.4. The average molecular weight is 381 g/mol. The monoisotopic (exact) mass is 381 g/mol. The number of rotatable bonds is 10. The van der Waals surface area contributed by atoms with Crippen LogP contribution in [0.15, 0.2) is 42.7 Å². The molecule has 0 spiro atoms. The second-order valence-electron chi connectivity index (χ2n) is 6.50. The normalized spacial score (nSPS) is 11.1. The molecule has 0 aromatic carbocycles. The number of fused-ring (bicyclic) bond motifs is 1. The second kappa shape index (κ2) is 9.85. The van der Waals surface area contributed by atoms with Crippen molar-refractivity contribution in [2.45, 2.75) is 26.7 Å². The highest BCUT2D eigenvalue weighted by atomic mass is 16.5. The number of pyridine rings is 2. The molecule has 0 fully saturated rings. The number of nitrogens with zero attached hydrogens (tertiary/aromatic N) is 3. The van der Waals surface area contributed by atoms with Crippen molar-refractivity contribution in [3.8, 4) is 5.88 Å². The van der Waals surface area contributed by atoms with E-state index < -0.39 is 0 Å². The number of unbranched alkanes of at least 4 members (excludes halogenated alkanes) is 1. The third kappa shape index (κ3) is 5.07. The Labute approximate surface area is 165 Å². The van der Waals surface area contributed by atoms with Crippen LogP contribution in [-0.4, -0.2) is 52.0 Å². The lowest BCUT2D eigenvalue weighted by atomic mass is 10.2. The molecule has 7 heteroatoms. The van der Waals surface area contributed by atoms with Crippen LogP contribution in [0.4, 0.5) is 5.82 Å². The predicted octanol–water partition coefficient (Wildman–Crippen LogP) is 3.71. The van der Waals surface area contributed by atoms with E-state index in [9.17, 15) is 4.79 Å². The standard InChI is InChI=1S/C21H27N5O2/c1-3-26(4-2)13-7-8-14-28-19-11-10-17-20(25-19)16(15-23-17)21(27)24-18-9-5-6-12-22-18/h5-6,9-12,15,23H,3-4,7-8,13-14H2,1-2H3,(H,22,24,27). The molecular weight excluding hydrogens is 354 g/mol. The van der Waals surface area contributed by atoms with Crippen molar-refractivity contribution in [3.05, 3.63) is 48.3 Å². The third-order valence-electron chi connectivity index (χ3n) is 4.66. The summed E-state index contributed by atoms with van der Waals surface area (Å²) in [6.07, 6.45) is 5.35. The van der Waals surface area contributed by atoms with E-state index in [-0.39, 0.29) is 5.91 Å². The van der Waals surface area contributed by atoms with Crippen molar-refractivity contribution >= 4 is 22.8 Å². The van der Waals surface area contributed by atoms with Crippen LogP contribution in [-0.2, 0) is 0 Å². The van der Waals surface area contributed by atoms with Gasteiger partial charge in [-0.3, -0.25) is 4.79 Å². The van der Waals surface area contributed by atoms with Crippen LogP contribution in [0.25, 0.3) is 11.0 Å². The Morgan fingerprint density at radius 1 is 1.18 bits per heavy atom. The smallest absolute Gasteiger partial charge is 0.260 e. The minimum absolute atomic E-state index is 0.256. The quantitative estimate of drug-likeness (QED) is 0.523. The maximum atomic E-state index is 12.6. The van der Waals surface area contributed by atoms with Gasteiger partial charge in [-0.05, 0) is 50.7 Å². The number of hydrogen-bond acceptors (Lipinski definition) is 5. The number of carbonyl (C=O) groups is 1. The number of ether oxygens (including phenoxy) is 1. The first-order chi connectivity index (χ1) is 13.7. The number of aromatic amines is 1. The van der Waals surface area contributed by atoms with Crippen LogP contribution in [0.1, 0.15) is 37.0 Å². The van der Waals surface area contributed by atoms with Gasteiger partial charge in [0.05, 0.1) is 17.7 Å². The van der Waals surface area contributed by atoms with Crippen molar-refractivity contribution in [1.29, 1.82) is 0 Å². The number of hydrogen-bond donors (Lipinski definition) is 2. The molecule has 0 saturated heterocycles. The van der Waals surface area contributed by atoms with E-state index in [0.29, 0.717) is 29.4 Å². The first-order valence-corrected chi connectivity index (χ1v) is 9.77. The van der Waals surface area contributed by atoms with E-state index in [1.807, 2.05) is 18.2 Å². The Bertz CT molecular complexity index is 890. The molecule has 1 amide bonds. The SMILES string of the molecule is CCN(CC)CCCCOc1ccc2[nH]cc(C(=O)Nc3ccccn3)c2n1. The summed E-state index contributed by atoms with van der Waals surface area (Å²) in [6.45, 7) is 8.20. The molecule has 0 aliphatic rings. The van der Waals surface area contributed by atoms with Gasteiger partial charge in [0.2, 0.25) is 5.88 Å². The Kier molecular flexibility index (Phi) is 6.97. The molecule has 2 N–H and O–H groups in total. The van der Waals surface area contributed by atoms with Gasteiger partial charge in [-0.15, -0.1) is 0 Å². The zero-order valence-corrected chi connectivity index (χ0v) is 16.4. The lowest BCUT2D eigenvalue weighted by Crippen LogP contribution is -2.24. The molecule has 0 aliphatic heterocycles. The number of anilines is 1. The summed E-state index contributed by atoms with van der Waals surface area (Å²) in [5.41, 5.74) is 1.85. The van der Waals surface area contributed by atoms with Gasteiger partial charge in [0.25, 0.3) is 5.91 Å². The number of carbonyl (C=O) groups excluding carboxylic acids is 1. The summed E-state index contributed by atoms with van der Waals surface area (Å²) < 4.78 is 5.80. The van der Waals surface area contributed by atoms with Crippen LogP contribution >= 0.6 is 0 Å². The van der Waals surface area contributed by atoms with Crippen LogP contribution in [0, 0.1) is 0 Å². The molecule has 0 saturated carbocycles. The van der Waals surface area contributed by atoms with E-state index in [1.54, 1.807) is 24.5 Å². The molecule has 28 heavy (non-hydrogen) atoms.